The lowest BCUT2D eigenvalue weighted by Crippen LogP contribution is -2.23. The summed E-state index contributed by atoms with van der Waals surface area (Å²) in [6.45, 7) is 4.29. The lowest BCUT2D eigenvalue weighted by molar-refractivity contribution is -0.183. The Kier molecular flexibility index (Phi) is 5.68. The molecule has 0 amide bonds. The average Bonchev–Trinajstić information content (AvgIpc) is 2.54. The van der Waals surface area contributed by atoms with Gasteiger partial charge in [-0.3, -0.25) is 9.59 Å². The summed E-state index contributed by atoms with van der Waals surface area (Å²) in [4.78, 5) is 22.9. The van der Waals surface area contributed by atoms with Crippen LogP contribution in [0.2, 0.25) is 0 Å². The van der Waals surface area contributed by atoms with Gasteiger partial charge in [0.15, 0.2) is 0 Å². The third-order valence-corrected chi connectivity index (χ3v) is 3.55. The highest BCUT2D eigenvalue weighted by Crippen LogP contribution is 2.26. The molecule has 0 bridgehead atoms. The quantitative estimate of drug-likeness (QED) is 0.613. The minimum Gasteiger partial charge on any atom is -0.426 e. The molecule has 0 aliphatic rings. The van der Waals surface area contributed by atoms with Crippen molar-refractivity contribution in [2.75, 3.05) is 0 Å². The Balaban J connectivity index is 2.13. The molecular weight excluding hydrogens is 311 g/mol. The molecule has 2 rings (SSSR count). The van der Waals surface area contributed by atoms with Crippen LogP contribution < -0.4 is 0 Å². The van der Waals surface area contributed by atoms with Gasteiger partial charge in [0.05, 0.1) is 5.92 Å². The van der Waals surface area contributed by atoms with Crippen LogP contribution in [-0.4, -0.2) is 18.2 Å². The number of esters is 2. The Hall–Kier alpha value is -2.69. The van der Waals surface area contributed by atoms with Crippen molar-refractivity contribution in [3.8, 4) is 11.1 Å². The second kappa shape index (κ2) is 7.73. The maximum Gasteiger partial charge on any atom is 0.316 e. The molecule has 0 spiro atoms. The van der Waals surface area contributed by atoms with Crippen LogP contribution in [0, 0.1) is 5.82 Å². The van der Waals surface area contributed by atoms with Gasteiger partial charge in [0.1, 0.15) is 5.82 Å². The van der Waals surface area contributed by atoms with Gasteiger partial charge in [-0.2, -0.15) is 0 Å². The molecule has 0 saturated heterocycles. The van der Waals surface area contributed by atoms with Crippen molar-refractivity contribution in [3.05, 3.63) is 59.9 Å². The van der Waals surface area contributed by atoms with Gasteiger partial charge in [-0.05, 0) is 24.1 Å². The molecule has 1 unspecified atom stereocenters. The zero-order valence-corrected chi connectivity index (χ0v) is 13.8. The van der Waals surface area contributed by atoms with Crippen molar-refractivity contribution in [2.24, 2.45) is 0 Å². The Morgan fingerprint density at radius 2 is 1.67 bits per heavy atom. The first kappa shape index (κ1) is 17.7. The fourth-order valence-corrected chi connectivity index (χ4v) is 2.31. The summed E-state index contributed by atoms with van der Waals surface area (Å²) in [5.41, 5.74) is 1.72. The van der Waals surface area contributed by atoms with Gasteiger partial charge in [0.25, 0.3) is 0 Å². The molecule has 2 aromatic carbocycles. The first-order chi connectivity index (χ1) is 11.4. The number of rotatable bonds is 5. The highest BCUT2D eigenvalue weighted by atomic mass is 19.1. The van der Waals surface area contributed by atoms with E-state index in [1.54, 1.807) is 19.1 Å². The molecule has 4 nitrogen and oxygen atoms in total. The molecule has 2 aromatic rings. The number of ether oxygens (including phenoxy) is 2. The van der Waals surface area contributed by atoms with Gasteiger partial charge in [0.2, 0.25) is 6.29 Å². The van der Waals surface area contributed by atoms with E-state index in [9.17, 15) is 14.0 Å². The van der Waals surface area contributed by atoms with Crippen molar-refractivity contribution >= 4 is 11.9 Å². The number of hydrogen-bond acceptors (Lipinski definition) is 4. The van der Waals surface area contributed by atoms with Gasteiger partial charge in [-0.15, -0.1) is 0 Å². The van der Waals surface area contributed by atoms with E-state index in [0.717, 1.165) is 5.56 Å². The van der Waals surface area contributed by atoms with Crippen LogP contribution in [0.1, 0.15) is 32.3 Å². The molecule has 24 heavy (non-hydrogen) atoms. The number of halogens is 1. The van der Waals surface area contributed by atoms with Crippen molar-refractivity contribution in [2.45, 2.75) is 33.0 Å². The number of carbonyl (C=O) groups excluding carboxylic acids is 2. The summed E-state index contributed by atoms with van der Waals surface area (Å²) >= 11 is 0. The van der Waals surface area contributed by atoms with Gasteiger partial charge < -0.3 is 9.47 Å². The van der Waals surface area contributed by atoms with E-state index in [2.05, 4.69) is 0 Å². The molecule has 0 aliphatic carbocycles. The predicted octanol–water partition coefficient (Wildman–Crippen LogP) is 4.05. The van der Waals surface area contributed by atoms with Gasteiger partial charge >= 0.3 is 11.9 Å². The maximum atomic E-state index is 14.4. The SMILES string of the molecule is CC(=O)O[C@@H](C)OC(=O)C(C)c1ccc(-c2ccccc2)c(F)c1. The van der Waals surface area contributed by atoms with E-state index in [1.807, 2.05) is 30.3 Å². The number of carbonyl (C=O) groups is 2. The fraction of sp³-hybridized carbons (Fsp3) is 0.263. The van der Waals surface area contributed by atoms with Crippen LogP contribution in [0.15, 0.2) is 48.5 Å². The van der Waals surface area contributed by atoms with Gasteiger partial charge in [-0.1, -0.05) is 42.5 Å². The summed E-state index contributed by atoms with van der Waals surface area (Å²) in [5.74, 6) is -2.22. The Bertz CT molecular complexity index is 727. The van der Waals surface area contributed by atoms with E-state index < -0.39 is 30.0 Å². The monoisotopic (exact) mass is 330 g/mol. The Morgan fingerprint density at radius 1 is 1.00 bits per heavy atom. The molecular formula is C19H19FO4. The summed E-state index contributed by atoms with van der Waals surface area (Å²) < 4.78 is 24.2. The van der Waals surface area contributed by atoms with E-state index in [1.165, 1.54) is 19.9 Å². The topological polar surface area (TPSA) is 52.6 Å². The van der Waals surface area contributed by atoms with Crippen LogP contribution >= 0.6 is 0 Å². The van der Waals surface area contributed by atoms with Crippen molar-refractivity contribution < 1.29 is 23.5 Å². The molecule has 126 valence electrons. The van der Waals surface area contributed by atoms with Crippen LogP contribution in [0.25, 0.3) is 11.1 Å². The Labute approximate surface area is 140 Å². The normalized spacial score (nSPS) is 13.0. The van der Waals surface area contributed by atoms with E-state index in [0.29, 0.717) is 11.1 Å². The largest absolute Gasteiger partial charge is 0.426 e. The maximum absolute atomic E-state index is 14.4. The van der Waals surface area contributed by atoms with Crippen molar-refractivity contribution in [3.63, 3.8) is 0 Å². The van der Waals surface area contributed by atoms with Crippen LogP contribution in [0.4, 0.5) is 4.39 Å². The molecule has 0 radical (unpaired) electrons. The first-order valence-corrected chi connectivity index (χ1v) is 7.61. The van der Waals surface area contributed by atoms with E-state index in [4.69, 9.17) is 9.47 Å². The molecule has 5 heteroatoms. The zero-order valence-electron chi connectivity index (χ0n) is 13.8. The fourth-order valence-electron chi connectivity index (χ4n) is 2.31. The molecule has 0 N–H and O–H groups in total. The molecule has 2 atom stereocenters. The highest BCUT2D eigenvalue weighted by Gasteiger charge is 2.21. The molecule has 0 heterocycles. The zero-order chi connectivity index (χ0) is 17.7. The predicted molar refractivity (Wildman–Crippen MR) is 87.6 cm³/mol. The summed E-state index contributed by atoms with van der Waals surface area (Å²) in [6, 6.07) is 13.8. The lowest BCUT2D eigenvalue weighted by atomic mass is 9.97. The van der Waals surface area contributed by atoms with Gasteiger partial charge in [-0.25, -0.2) is 4.39 Å². The van der Waals surface area contributed by atoms with E-state index >= 15 is 0 Å². The van der Waals surface area contributed by atoms with Crippen LogP contribution in [0.3, 0.4) is 0 Å². The minimum absolute atomic E-state index is 0.411. The summed E-state index contributed by atoms with van der Waals surface area (Å²) in [5, 5.41) is 0. The highest BCUT2D eigenvalue weighted by molar-refractivity contribution is 5.78. The molecule has 0 aromatic heterocycles. The molecule has 0 fully saturated rings. The van der Waals surface area contributed by atoms with Crippen molar-refractivity contribution in [1.82, 2.24) is 0 Å². The van der Waals surface area contributed by atoms with Crippen molar-refractivity contribution in [1.29, 1.82) is 0 Å². The van der Waals surface area contributed by atoms with Crippen LogP contribution in [-0.2, 0) is 19.1 Å². The number of hydrogen-bond donors (Lipinski definition) is 0. The smallest absolute Gasteiger partial charge is 0.316 e. The van der Waals surface area contributed by atoms with Gasteiger partial charge in [0, 0.05) is 19.4 Å². The molecule has 0 aliphatic heterocycles. The van der Waals surface area contributed by atoms with Crippen LogP contribution in [0.5, 0.6) is 0 Å². The Morgan fingerprint density at radius 3 is 2.25 bits per heavy atom. The standard InChI is InChI=1S/C19H19FO4/c1-12(19(22)24-14(3)23-13(2)21)16-9-10-17(18(20)11-16)15-7-5-4-6-8-15/h4-12,14H,1-3H3/t12?,14-/m1/s1. The molecule has 0 saturated carbocycles. The number of benzene rings is 2. The second-order valence-electron chi connectivity index (χ2n) is 5.44. The third-order valence-electron chi connectivity index (χ3n) is 3.55. The lowest BCUT2D eigenvalue weighted by Gasteiger charge is -2.17. The third kappa shape index (κ3) is 4.41. The second-order valence-corrected chi connectivity index (χ2v) is 5.44. The average molecular weight is 330 g/mol. The summed E-state index contributed by atoms with van der Waals surface area (Å²) in [6.07, 6.45) is -0.981. The first-order valence-electron chi connectivity index (χ1n) is 7.61. The van der Waals surface area contributed by atoms with E-state index in [-0.39, 0.29) is 0 Å². The minimum atomic E-state index is -0.981. The summed E-state index contributed by atoms with van der Waals surface area (Å²) in [7, 11) is 0.